The normalized spacial score (nSPS) is 24.1. The Kier molecular flexibility index (Phi) is 11.2. The van der Waals surface area contributed by atoms with Gasteiger partial charge >= 0.3 is 0 Å². The summed E-state index contributed by atoms with van der Waals surface area (Å²) < 4.78 is 14.1. The van der Waals surface area contributed by atoms with E-state index in [1.807, 2.05) is 0 Å². The molecule has 0 amide bonds. The molecule has 192 valence electrons. The maximum absolute atomic E-state index is 7.12. The van der Waals surface area contributed by atoms with E-state index in [9.17, 15) is 0 Å². The molecule has 0 aromatic carbocycles. The lowest BCUT2D eigenvalue weighted by atomic mass is 9.82. The van der Waals surface area contributed by atoms with Crippen LogP contribution in [0.25, 0.3) is 0 Å². The Labute approximate surface area is 209 Å². The van der Waals surface area contributed by atoms with Crippen molar-refractivity contribution in [3.63, 3.8) is 0 Å². The molecule has 2 aliphatic rings. The van der Waals surface area contributed by atoms with Crippen LogP contribution in [0.2, 0.25) is 36.3 Å². The lowest BCUT2D eigenvalue weighted by Gasteiger charge is -2.42. The molecule has 3 atom stereocenters. The first kappa shape index (κ1) is 29.1. The molecular weight excluding hydrogens is 436 g/mol. The van der Waals surface area contributed by atoms with E-state index in [0.29, 0.717) is 18.1 Å². The summed E-state index contributed by atoms with van der Waals surface area (Å²) in [6, 6.07) is 3.70. The zero-order valence-corrected chi connectivity index (χ0v) is 25.5. The van der Waals surface area contributed by atoms with Gasteiger partial charge in [-0.15, -0.1) is 6.58 Å². The Morgan fingerprint density at radius 2 is 1.67 bits per heavy atom. The minimum atomic E-state index is -1.78. The largest absolute Gasteiger partial charge is 0.414 e. The first-order valence-electron chi connectivity index (χ1n) is 14.2. The topological polar surface area (TPSA) is 18.5 Å². The molecule has 0 saturated heterocycles. The van der Waals surface area contributed by atoms with Crippen LogP contribution in [0.4, 0.5) is 0 Å². The van der Waals surface area contributed by atoms with E-state index in [1.54, 1.807) is 5.57 Å². The van der Waals surface area contributed by atoms with Crippen LogP contribution in [-0.2, 0) is 8.85 Å². The molecular formula is C29H56O2Si2. The minimum absolute atomic E-state index is 0.269. The summed E-state index contributed by atoms with van der Waals surface area (Å²) in [4.78, 5) is 0. The smallest absolute Gasteiger partial charge is 0.192 e. The van der Waals surface area contributed by atoms with Gasteiger partial charge in [0, 0.05) is 12.0 Å². The summed E-state index contributed by atoms with van der Waals surface area (Å²) in [5.74, 6) is 1.28. The molecule has 1 saturated carbocycles. The van der Waals surface area contributed by atoms with Crippen LogP contribution < -0.4 is 0 Å². The van der Waals surface area contributed by atoms with Crippen LogP contribution >= 0.6 is 0 Å². The third-order valence-electron chi connectivity index (χ3n) is 9.44. The van der Waals surface area contributed by atoms with Crippen LogP contribution in [0.5, 0.6) is 0 Å². The second kappa shape index (κ2) is 12.7. The first-order chi connectivity index (χ1) is 15.5. The van der Waals surface area contributed by atoms with Crippen molar-refractivity contribution in [2.75, 3.05) is 0 Å². The molecule has 0 N–H and O–H groups in total. The highest BCUT2D eigenvalue weighted by Crippen LogP contribution is 2.43. The van der Waals surface area contributed by atoms with Crippen LogP contribution in [0.15, 0.2) is 24.3 Å². The van der Waals surface area contributed by atoms with Crippen molar-refractivity contribution in [2.24, 2.45) is 11.8 Å². The maximum Gasteiger partial charge on any atom is 0.192 e. The first-order valence-corrected chi connectivity index (χ1v) is 19.6. The van der Waals surface area contributed by atoms with Crippen molar-refractivity contribution in [3.05, 3.63) is 24.3 Å². The number of allylic oxidation sites excluding steroid dienone is 1. The van der Waals surface area contributed by atoms with Crippen molar-refractivity contribution >= 4 is 16.6 Å². The SMILES string of the molecule is C=CC[C@@H]1C(CC[C@H](O[Si](C)(C)C(C)(C)C)C2CCCCC2)=CC[C@@H]1O[Si](CC)(CC)CC. The standard InChI is InChI=1S/C29H56O2Si2/c1-10-17-26-24(21-23-28(26)31-33(11-2,12-3)13-4)20-22-27(25-18-15-14-16-19-25)30-32(8,9)29(5,6)7/h10,21,25-28H,1,11-20,22-23H2,2-9H3/t26-,27+,28+/m1/s1. The van der Waals surface area contributed by atoms with Crippen molar-refractivity contribution in [1.29, 1.82) is 0 Å². The molecule has 2 rings (SSSR count). The third kappa shape index (κ3) is 7.66. The van der Waals surface area contributed by atoms with Gasteiger partial charge in [0.05, 0.1) is 6.10 Å². The van der Waals surface area contributed by atoms with E-state index < -0.39 is 16.6 Å². The third-order valence-corrected chi connectivity index (χ3v) is 18.6. The molecule has 0 radical (unpaired) electrons. The van der Waals surface area contributed by atoms with Crippen molar-refractivity contribution < 1.29 is 8.85 Å². The summed E-state index contributed by atoms with van der Waals surface area (Å²) in [5, 5.41) is 0.269. The van der Waals surface area contributed by atoms with Crippen molar-refractivity contribution in [2.45, 2.75) is 148 Å². The Hall–Kier alpha value is -0.166. The van der Waals surface area contributed by atoms with Gasteiger partial charge in [-0.2, -0.15) is 0 Å². The van der Waals surface area contributed by atoms with Gasteiger partial charge in [-0.1, -0.05) is 78.5 Å². The van der Waals surface area contributed by atoms with E-state index in [0.717, 1.165) is 18.8 Å². The second-order valence-corrected chi connectivity index (χ2v) is 21.9. The number of hydrogen-bond acceptors (Lipinski definition) is 2. The fraction of sp³-hybridized carbons (Fsp3) is 0.862. The molecule has 2 aliphatic carbocycles. The summed E-state index contributed by atoms with van der Waals surface area (Å²) in [7, 11) is -3.37. The van der Waals surface area contributed by atoms with E-state index in [4.69, 9.17) is 8.85 Å². The highest BCUT2D eigenvalue weighted by molar-refractivity contribution is 6.74. The van der Waals surface area contributed by atoms with Crippen molar-refractivity contribution in [3.8, 4) is 0 Å². The van der Waals surface area contributed by atoms with Crippen LogP contribution in [0.3, 0.4) is 0 Å². The molecule has 0 aliphatic heterocycles. The van der Waals surface area contributed by atoms with E-state index in [2.05, 4.69) is 73.4 Å². The van der Waals surface area contributed by atoms with Gasteiger partial charge in [-0.3, -0.25) is 0 Å². The molecule has 0 aromatic rings. The molecule has 0 heterocycles. The van der Waals surface area contributed by atoms with Crippen LogP contribution in [-0.4, -0.2) is 28.8 Å². The highest BCUT2D eigenvalue weighted by Gasteiger charge is 2.42. The summed E-state index contributed by atoms with van der Waals surface area (Å²) >= 11 is 0. The number of rotatable bonds is 13. The second-order valence-electron chi connectivity index (χ2n) is 12.4. The Morgan fingerprint density at radius 1 is 1.06 bits per heavy atom. The fourth-order valence-electron chi connectivity index (χ4n) is 5.80. The summed E-state index contributed by atoms with van der Waals surface area (Å²) in [5.41, 5.74) is 1.63. The Bertz CT molecular complexity index is 616. The van der Waals surface area contributed by atoms with Gasteiger partial charge in [0.2, 0.25) is 0 Å². The molecule has 0 unspecified atom stereocenters. The van der Waals surface area contributed by atoms with Gasteiger partial charge in [0.25, 0.3) is 0 Å². The zero-order valence-electron chi connectivity index (χ0n) is 23.5. The van der Waals surface area contributed by atoms with Crippen LogP contribution in [0.1, 0.15) is 99.3 Å². The lowest BCUT2D eigenvalue weighted by Crippen LogP contribution is -2.46. The maximum atomic E-state index is 7.12. The van der Waals surface area contributed by atoms with Gasteiger partial charge in [-0.05, 0) is 80.7 Å². The fourth-order valence-corrected chi connectivity index (χ4v) is 10.1. The minimum Gasteiger partial charge on any atom is -0.414 e. The molecule has 0 bridgehead atoms. The highest BCUT2D eigenvalue weighted by atomic mass is 28.4. The lowest BCUT2D eigenvalue weighted by molar-refractivity contribution is 0.0847. The molecule has 0 aromatic heterocycles. The average molecular weight is 493 g/mol. The predicted molar refractivity (Wildman–Crippen MR) is 151 cm³/mol. The van der Waals surface area contributed by atoms with E-state index in [-0.39, 0.29) is 5.04 Å². The molecule has 1 fully saturated rings. The van der Waals surface area contributed by atoms with Gasteiger partial charge in [0.1, 0.15) is 0 Å². The number of hydrogen-bond donors (Lipinski definition) is 0. The zero-order chi connectivity index (χ0) is 24.7. The monoisotopic (exact) mass is 492 g/mol. The summed E-state index contributed by atoms with van der Waals surface area (Å²) in [6.07, 6.45) is 16.9. The molecule has 2 nitrogen and oxygen atoms in total. The van der Waals surface area contributed by atoms with Crippen LogP contribution in [0, 0.1) is 11.8 Å². The van der Waals surface area contributed by atoms with Crippen molar-refractivity contribution in [1.82, 2.24) is 0 Å². The van der Waals surface area contributed by atoms with E-state index >= 15 is 0 Å². The Balaban J connectivity index is 2.12. The van der Waals surface area contributed by atoms with Gasteiger partial charge in [0.15, 0.2) is 16.6 Å². The predicted octanol–water partition coefficient (Wildman–Crippen LogP) is 9.65. The quantitative estimate of drug-likeness (QED) is 0.188. The summed E-state index contributed by atoms with van der Waals surface area (Å²) in [6.45, 7) is 23.2. The molecule has 4 heteroatoms. The average Bonchev–Trinajstić information content (AvgIpc) is 3.16. The Morgan fingerprint density at radius 3 is 2.18 bits per heavy atom. The van der Waals surface area contributed by atoms with Gasteiger partial charge < -0.3 is 8.85 Å². The molecule has 33 heavy (non-hydrogen) atoms. The van der Waals surface area contributed by atoms with Gasteiger partial charge in [-0.25, -0.2) is 0 Å². The van der Waals surface area contributed by atoms with E-state index in [1.165, 1.54) is 63.1 Å². The molecule has 0 spiro atoms.